The molecule has 1 aromatic heterocycles. The van der Waals surface area contributed by atoms with Crippen molar-refractivity contribution in [2.24, 2.45) is 0 Å². The molecule has 0 radical (unpaired) electrons. The topological polar surface area (TPSA) is 361 Å². The van der Waals surface area contributed by atoms with Gasteiger partial charge >= 0.3 is 11.9 Å². The monoisotopic (exact) mass is 1030 g/mol. The minimum absolute atomic E-state index is 0.00854. The number of carbonyl (C=O) groups is 2. The number of hydrogen-bond donors (Lipinski definition) is 11. The van der Waals surface area contributed by atoms with Crippen LogP contribution in [0.5, 0.6) is 34.5 Å². The Labute approximate surface area is 419 Å². The Morgan fingerprint density at radius 2 is 1.11 bits per heavy atom. The van der Waals surface area contributed by atoms with Crippen LogP contribution in [0, 0.1) is 0 Å². The second-order valence-corrected chi connectivity index (χ2v) is 17.6. The Bertz CT molecular complexity index is 2890. The van der Waals surface area contributed by atoms with Crippen molar-refractivity contribution in [3.8, 4) is 45.8 Å². The van der Waals surface area contributed by atoms with Crippen molar-refractivity contribution in [3.05, 3.63) is 118 Å². The summed E-state index contributed by atoms with van der Waals surface area (Å²) in [6.07, 6.45) is -22.0. The molecule has 0 amide bonds. The van der Waals surface area contributed by atoms with Gasteiger partial charge in [0, 0.05) is 29.8 Å². The van der Waals surface area contributed by atoms with Gasteiger partial charge in [0.25, 0.3) is 0 Å². The second kappa shape index (κ2) is 22.6. The summed E-state index contributed by atoms with van der Waals surface area (Å²) >= 11 is 0. The molecule has 0 unspecified atom stereocenters. The zero-order valence-corrected chi connectivity index (χ0v) is 39.1. The number of fused-ring (bicyclic) bond motifs is 1. The summed E-state index contributed by atoms with van der Waals surface area (Å²) in [7, 11) is 0. The van der Waals surface area contributed by atoms with Crippen molar-refractivity contribution in [3.63, 3.8) is 0 Å². The molecule has 23 heteroatoms. The molecule has 0 bridgehead atoms. The molecule has 23 nitrogen and oxygen atoms in total. The Balaban J connectivity index is 1.16. The maximum absolute atomic E-state index is 14.5. The average Bonchev–Trinajstić information content (AvgIpc) is 3.36. The maximum Gasteiger partial charge on any atom is 0.331 e. The van der Waals surface area contributed by atoms with Gasteiger partial charge in [0.2, 0.25) is 17.5 Å². The van der Waals surface area contributed by atoms with E-state index in [4.69, 9.17) is 42.3 Å². The molecular formula is C51H52O23. The van der Waals surface area contributed by atoms with Gasteiger partial charge in [-0.2, -0.15) is 0 Å². The first-order valence-corrected chi connectivity index (χ1v) is 22.9. The van der Waals surface area contributed by atoms with E-state index in [2.05, 4.69) is 0 Å². The lowest BCUT2D eigenvalue weighted by Gasteiger charge is -2.47. The van der Waals surface area contributed by atoms with E-state index in [0.29, 0.717) is 11.1 Å². The summed E-state index contributed by atoms with van der Waals surface area (Å²) in [6.45, 7) is 1.96. The van der Waals surface area contributed by atoms with Gasteiger partial charge in [-0.15, -0.1) is 0 Å². The summed E-state index contributed by atoms with van der Waals surface area (Å²) < 4.78 is 53.4. The van der Waals surface area contributed by atoms with Crippen LogP contribution >= 0.6 is 0 Å². The van der Waals surface area contributed by atoms with E-state index < -0.39 is 144 Å². The summed E-state index contributed by atoms with van der Waals surface area (Å²) in [5, 5.41) is 117. The van der Waals surface area contributed by atoms with Gasteiger partial charge in [0.05, 0.1) is 18.8 Å². The number of hydrogen-bond acceptors (Lipinski definition) is 23. The summed E-state index contributed by atoms with van der Waals surface area (Å²) in [6, 6.07) is 18.5. The highest BCUT2D eigenvalue weighted by Crippen LogP contribution is 2.39. The molecular weight excluding hydrogens is 981 g/mol. The molecule has 394 valence electrons. The fourth-order valence-corrected chi connectivity index (χ4v) is 8.33. The molecule has 0 aliphatic carbocycles. The van der Waals surface area contributed by atoms with Gasteiger partial charge in [-0.25, -0.2) is 9.59 Å². The predicted octanol–water partition coefficient (Wildman–Crippen LogP) is 1.40. The summed E-state index contributed by atoms with van der Waals surface area (Å²) in [5.41, 5.74) is -0.411. The third kappa shape index (κ3) is 11.8. The van der Waals surface area contributed by atoms with Gasteiger partial charge < -0.3 is 98.5 Å². The summed E-state index contributed by atoms with van der Waals surface area (Å²) in [4.78, 5) is 41.1. The van der Waals surface area contributed by atoms with Gasteiger partial charge in [0.15, 0.2) is 36.7 Å². The molecule has 11 N–H and O–H groups in total. The number of rotatable bonds is 14. The lowest BCUT2D eigenvalue weighted by atomic mass is 9.97. The van der Waals surface area contributed by atoms with Crippen LogP contribution in [0.25, 0.3) is 34.4 Å². The average molecular weight is 1030 g/mol. The third-order valence-electron chi connectivity index (χ3n) is 12.3. The van der Waals surface area contributed by atoms with Gasteiger partial charge in [0.1, 0.15) is 82.4 Å². The number of benzene rings is 4. The van der Waals surface area contributed by atoms with Crippen molar-refractivity contribution < 1.29 is 108 Å². The van der Waals surface area contributed by atoms with E-state index in [1.54, 1.807) is 0 Å². The van der Waals surface area contributed by atoms with Crippen LogP contribution in [0.15, 0.2) is 106 Å². The van der Waals surface area contributed by atoms with Crippen LogP contribution in [0.3, 0.4) is 0 Å². The minimum atomic E-state index is -2.17. The fraction of sp³-hybridized carbons (Fsp3) is 0.353. The zero-order valence-electron chi connectivity index (χ0n) is 39.1. The van der Waals surface area contributed by atoms with Gasteiger partial charge in [-0.1, -0.05) is 24.3 Å². The van der Waals surface area contributed by atoms with E-state index in [-0.39, 0.29) is 28.4 Å². The van der Waals surface area contributed by atoms with E-state index in [9.17, 15) is 70.6 Å². The Morgan fingerprint density at radius 1 is 0.568 bits per heavy atom. The standard InChI is InChI=1S/C51H52O23/c1-22-37(59)39(61)41(63)49(67-22)66-21-33-46(72-35(58)18-8-25-5-13-28(53)14-6-25)43(65)48(74-50-42(64)40(62)44(23(2)68-50)71-34(57)17-7-24-3-11-27(52)12-4-24)51(70-33)73-47-38(60)36-31(56)19-30(55)20-32(36)69-45(47)26-9-15-29(54)16-10-26/h3-20,22-23,33,37,39-44,46,48-56,59,61-65H,21H2,1-2H3/t22-,23-,33+,37-,39+,40-,41+,42+,43-,44-,46-,48+,49+,50-,51-/m0/s1. The highest BCUT2D eigenvalue weighted by Gasteiger charge is 2.54. The third-order valence-corrected chi connectivity index (χ3v) is 12.3. The maximum atomic E-state index is 14.5. The second-order valence-electron chi connectivity index (χ2n) is 17.6. The number of carbonyl (C=O) groups excluding carboxylic acids is 2. The lowest BCUT2D eigenvalue weighted by Crippen LogP contribution is -2.66. The van der Waals surface area contributed by atoms with Crippen LogP contribution in [-0.4, -0.2) is 167 Å². The number of ether oxygens (including phenoxy) is 8. The molecule has 3 aliphatic heterocycles. The molecule has 8 rings (SSSR count). The van der Waals surface area contributed by atoms with Crippen molar-refractivity contribution in [2.75, 3.05) is 6.61 Å². The van der Waals surface area contributed by atoms with Crippen molar-refractivity contribution in [1.82, 2.24) is 0 Å². The number of phenols is 5. The highest BCUT2D eigenvalue weighted by atomic mass is 16.8. The van der Waals surface area contributed by atoms with Gasteiger partial charge in [-0.3, -0.25) is 4.79 Å². The molecule has 74 heavy (non-hydrogen) atoms. The number of esters is 2. The van der Waals surface area contributed by atoms with Gasteiger partial charge in [-0.05, 0) is 85.7 Å². The highest BCUT2D eigenvalue weighted by molar-refractivity contribution is 5.89. The van der Waals surface area contributed by atoms with Crippen molar-refractivity contribution in [1.29, 1.82) is 0 Å². The van der Waals surface area contributed by atoms with Crippen molar-refractivity contribution >= 4 is 35.1 Å². The van der Waals surface area contributed by atoms with E-state index in [1.807, 2.05) is 0 Å². The molecule has 5 aromatic rings. The number of phenolic OH excluding ortho intramolecular Hbond substituents is 5. The van der Waals surface area contributed by atoms with Crippen LogP contribution in [0.1, 0.15) is 25.0 Å². The molecule has 15 atom stereocenters. The largest absolute Gasteiger partial charge is 0.508 e. The van der Waals surface area contributed by atoms with E-state index >= 15 is 0 Å². The molecule has 4 heterocycles. The molecule has 3 fully saturated rings. The smallest absolute Gasteiger partial charge is 0.331 e. The van der Waals surface area contributed by atoms with Crippen LogP contribution < -0.4 is 10.2 Å². The predicted molar refractivity (Wildman–Crippen MR) is 252 cm³/mol. The SMILES string of the molecule is C[C@@H]1O[C@@H](OC[C@H]2O[C@@H](Oc3c(-c4ccc(O)cc4)oc4cc(O)cc(O)c4c3=O)[C@H](O[C@@H]3O[C@@H](C)[C@H](OC(=O)C=Cc4ccc(O)cc4)[C@@H](O)[C@H]3O)[C@@H](O)[C@H]2OC(=O)C=Cc2ccc(O)cc2)[C@H](O)[C@H](O)[C@H]1O. The molecule has 0 spiro atoms. The summed E-state index contributed by atoms with van der Waals surface area (Å²) in [5.74, 6) is -4.73. The first-order valence-electron chi connectivity index (χ1n) is 22.9. The normalized spacial score (nSPS) is 30.4. The Hall–Kier alpha value is -7.13. The first-order chi connectivity index (χ1) is 35.3. The first kappa shape index (κ1) is 53.2. The fourth-order valence-electron chi connectivity index (χ4n) is 8.33. The zero-order chi connectivity index (χ0) is 53.1. The van der Waals surface area contributed by atoms with E-state index in [0.717, 1.165) is 24.3 Å². The number of aliphatic hydroxyl groups excluding tert-OH is 6. The van der Waals surface area contributed by atoms with Crippen LogP contribution in [0.2, 0.25) is 0 Å². The Morgan fingerprint density at radius 3 is 1.70 bits per heavy atom. The Kier molecular flexibility index (Phi) is 16.2. The van der Waals surface area contributed by atoms with Crippen LogP contribution in [-0.2, 0) is 42.7 Å². The number of aromatic hydroxyl groups is 5. The lowest BCUT2D eigenvalue weighted by molar-refractivity contribution is -0.360. The quantitative estimate of drug-likeness (QED) is 0.0553. The molecule has 4 aromatic carbocycles. The molecule has 3 aliphatic rings. The van der Waals surface area contributed by atoms with Crippen molar-refractivity contribution in [2.45, 2.75) is 106 Å². The number of aliphatic hydroxyl groups is 6. The van der Waals surface area contributed by atoms with Crippen LogP contribution in [0.4, 0.5) is 0 Å². The minimum Gasteiger partial charge on any atom is -0.508 e. The molecule has 0 saturated carbocycles. The van der Waals surface area contributed by atoms with E-state index in [1.165, 1.54) is 98.8 Å². The molecule has 3 saturated heterocycles.